The van der Waals surface area contributed by atoms with Crippen molar-refractivity contribution in [2.24, 2.45) is 0 Å². The lowest BCUT2D eigenvalue weighted by atomic mass is 10.1. The van der Waals surface area contributed by atoms with Crippen molar-refractivity contribution in [1.82, 2.24) is 20.0 Å². The molecule has 0 N–H and O–H groups in total. The Bertz CT molecular complexity index is 1530. The van der Waals surface area contributed by atoms with E-state index in [9.17, 15) is 14.0 Å². The maximum atomic E-state index is 14.5. The number of carbonyl (C=O) groups excluding carboxylic acids is 2. The maximum Gasteiger partial charge on any atom is 0.257 e. The summed E-state index contributed by atoms with van der Waals surface area (Å²) in [5, 5.41) is 8.83. The van der Waals surface area contributed by atoms with Crippen molar-refractivity contribution in [1.29, 1.82) is 0 Å². The Labute approximate surface area is 244 Å². The largest absolute Gasteiger partial charge is 0.497 e. The van der Waals surface area contributed by atoms with Gasteiger partial charge in [-0.05, 0) is 42.0 Å². The number of hydrogen-bond donors (Lipinski definition) is 0. The molecule has 0 bridgehead atoms. The van der Waals surface area contributed by atoms with Gasteiger partial charge < -0.3 is 24.2 Å². The van der Waals surface area contributed by atoms with Crippen LogP contribution in [0.25, 0.3) is 11.3 Å². The van der Waals surface area contributed by atoms with E-state index in [-0.39, 0.29) is 24.6 Å². The quantitative estimate of drug-likeness (QED) is 0.297. The summed E-state index contributed by atoms with van der Waals surface area (Å²) in [5.74, 6) is 0.708. The smallest absolute Gasteiger partial charge is 0.257 e. The Hall–Kier alpha value is -4.99. The lowest BCUT2D eigenvalue weighted by molar-refractivity contribution is -0.132. The van der Waals surface area contributed by atoms with Gasteiger partial charge in [0.2, 0.25) is 5.91 Å². The Morgan fingerprint density at radius 3 is 2.26 bits per heavy atom. The van der Waals surface area contributed by atoms with Gasteiger partial charge >= 0.3 is 0 Å². The van der Waals surface area contributed by atoms with E-state index in [0.29, 0.717) is 49.2 Å². The van der Waals surface area contributed by atoms with E-state index >= 15 is 0 Å². The number of methoxy groups -OCH3 is 2. The molecule has 216 valence electrons. The van der Waals surface area contributed by atoms with Gasteiger partial charge in [-0.25, -0.2) is 4.39 Å². The van der Waals surface area contributed by atoms with Gasteiger partial charge in [0, 0.05) is 44.4 Å². The molecule has 10 heteroatoms. The normalized spacial score (nSPS) is 13.0. The summed E-state index contributed by atoms with van der Waals surface area (Å²) in [5.41, 5.74) is 2.28. The minimum Gasteiger partial charge on any atom is -0.497 e. The maximum absolute atomic E-state index is 14.5. The number of nitrogens with zero attached hydrogens (tertiary/aromatic N) is 5. The van der Waals surface area contributed by atoms with Crippen LogP contribution < -0.4 is 14.4 Å². The average molecular weight is 570 g/mol. The number of hydrogen-bond acceptors (Lipinski definition) is 7. The number of halogens is 1. The number of aromatic nitrogens is 2. The van der Waals surface area contributed by atoms with Crippen LogP contribution in [0.1, 0.15) is 15.9 Å². The molecule has 2 amide bonds. The number of ether oxygens (including phenoxy) is 2. The number of anilines is 1. The minimum absolute atomic E-state index is 0.0552. The molecule has 1 saturated heterocycles. The predicted molar refractivity (Wildman–Crippen MR) is 157 cm³/mol. The Morgan fingerprint density at radius 1 is 0.857 bits per heavy atom. The molecule has 4 aromatic rings. The lowest BCUT2D eigenvalue weighted by Crippen LogP contribution is -2.52. The van der Waals surface area contributed by atoms with Gasteiger partial charge in [-0.3, -0.25) is 9.59 Å². The van der Waals surface area contributed by atoms with Crippen LogP contribution in [0.5, 0.6) is 11.5 Å². The van der Waals surface area contributed by atoms with Crippen molar-refractivity contribution in [2.75, 3.05) is 51.8 Å². The standard InChI is InChI=1S/C32H32FN5O4/c1-41-24-12-13-26(29(20-24)42-2)28-14-15-30(35-34-28)36-16-18-37(19-17-36)31(39)22-38(21-23-8-4-3-5-9-23)32(40)25-10-6-7-11-27(25)33/h3-15,20H,16-19,21-22H2,1-2H3. The van der Waals surface area contributed by atoms with E-state index in [2.05, 4.69) is 15.1 Å². The second-order valence-corrected chi connectivity index (χ2v) is 9.84. The van der Waals surface area contributed by atoms with Crippen molar-refractivity contribution in [3.8, 4) is 22.8 Å². The number of piperazine rings is 1. The van der Waals surface area contributed by atoms with Gasteiger partial charge in [0.05, 0.1) is 25.5 Å². The zero-order valence-electron chi connectivity index (χ0n) is 23.6. The summed E-state index contributed by atoms with van der Waals surface area (Å²) in [4.78, 5) is 31.8. The van der Waals surface area contributed by atoms with E-state index in [1.165, 1.54) is 23.1 Å². The highest BCUT2D eigenvalue weighted by Gasteiger charge is 2.27. The molecule has 0 radical (unpaired) electrons. The molecule has 0 aliphatic carbocycles. The van der Waals surface area contributed by atoms with Crippen LogP contribution in [-0.4, -0.2) is 78.8 Å². The van der Waals surface area contributed by atoms with Crippen LogP contribution >= 0.6 is 0 Å². The topological polar surface area (TPSA) is 88.1 Å². The summed E-state index contributed by atoms with van der Waals surface area (Å²) in [7, 11) is 3.19. The SMILES string of the molecule is COc1ccc(-c2ccc(N3CCN(C(=O)CN(Cc4ccccc4)C(=O)c4ccccc4F)CC3)nn2)c(OC)c1. The highest BCUT2D eigenvalue weighted by molar-refractivity contribution is 5.96. The summed E-state index contributed by atoms with van der Waals surface area (Å²) >= 11 is 0. The molecular formula is C32H32FN5O4. The molecule has 1 aliphatic rings. The van der Waals surface area contributed by atoms with E-state index in [1.807, 2.05) is 54.6 Å². The molecular weight excluding hydrogens is 537 g/mol. The van der Waals surface area contributed by atoms with Crippen molar-refractivity contribution in [3.63, 3.8) is 0 Å². The second-order valence-electron chi connectivity index (χ2n) is 9.84. The van der Waals surface area contributed by atoms with Crippen LogP contribution in [0.3, 0.4) is 0 Å². The summed E-state index contributed by atoms with van der Waals surface area (Å²) in [6, 6.07) is 24.5. The van der Waals surface area contributed by atoms with Gasteiger partial charge in [-0.1, -0.05) is 42.5 Å². The molecule has 42 heavy (non-hydrogen) atoms. The number of carbonyl (C=O) groups is 2. The molecule has 0 saturated carbocycles. The van der Waals surface area contributed by atoms with E-state index < -0.39 is 11.7 Å². The molecule has 0 unspecified atom stereocenters. The van der Waals surface area contributed by atoms with Gasteiger partial charge in [-0.2, -0.15) is 0 Å². The zero-order chi connectivity index (χ0) is 29.5. The van der Waals surface area contributed by atoms with Crippen LogP contribution in [0, 0.1) is 5.82 Å². The van der Waals surface area contributed by atoms with Crippen LogP contribution in [0.2, 0.25) is 0 Å². The first kappa shape index (κ1) is 28.5. The van der Waals surface area contributed by atoms with E-state index in [1.54, 1.807) is 31.3 Å². The fourth-order valence-electron chi connectivity index (χ4n) is 4.90. The summed E-state index contributed by atoms with van der Waals surface area (Å²) < 4.78 is 25.2. The van der Waals surface area contributed by atoms with Crippen molar-refractivity contribution >= 4 is 17.6 Å². The molecule has 1 aromatic heterocycles. The Balaban J connectivity index is 1.23. The molecule has 1 aliphatic heterocycles. The van der Waals surface area contributed by atoms with Gasteiger partial charge in [0.25, 0.3) is 5.91 Å². The molecule has 0 atom stereocenters. The highest BCUT2D eigenvalue weighted by atomic mass is 19.1. The summed E-state index contributed by atoms with van der Waals surface area (Å²) in [6.07, 6.45) is 0. The number of rotatable bonds is 9. The first-order valence-corrected chi connectivity index (χ1v) is 13.6. The lowest BCUT2D eigenvalue weighted by Gasteiger charge is -2.36. The third kappa shape index (κ3) is 6.49. The van der Waals surface area contributed by atoms with Crippen LogP contribution in [-0.2, 0) is 11.3 Å². The third-order valence-electron chi connectivity index (χ3n) is 7.23. The first-order valence-electron chi connectivity index (χ1n) is 13.6. The predicted octanol–water partition coefficient (Wildman–Crippen LogP) is 4.29. The molecule has 5 rings (SSSR count). The Kier molecular flexibility index (Phi) is 8.91. The molecule has 0 spiro atoms. The van der Waals surface area contributed by atoms with Gasteiger partial charge in [0.15, 0.2) is 5.82 Å². The number of amides is 2. The fraction of sp³-hybridized carbons (Fsp3) is 0.250. The van der Waals surface area contributed by atoms with E-state index in [0.717, 1.165) is 11.1 Å². The molecule has 1 fully saturated rings. The van der Waals surface area contributed by atoms with E-state index in [4.69, 9.17) is 9.47 Å². The Morgan fingerprint density at radius 2 is 1.60 bits per heavy atom. The highest BCUT2D eigenvalue weighted by Crippen LogP contribution is 2.32. The molecule has 9 nitrogen and oxygen atoms in total. The van der Waals surface area contributed by atoms with Crippen molar-refractivity contribution < 1.29 is 23.5 Å². The fourth-order valence-corrected chi connectivity index (χ4v) is 4.90. The van der Waals surface area contributed by atoms with Crippen LogP contribution in [0.15, 0.2) is 84.9 Å². The number of benzene rings is 3. The van der Waals surface area contributed by atoms with Gasteiger partial charge in [-0.15, -0.1) is 10.2 Å². The van der Waals surface area contributed by atoms with Crippen LogP contribution in [0.4, 0.5) is 10.2 Å². The third-order valence-corrected chi connectivity index (χ3v) is 7.23. The molecule has 2 heterocycles. The van der Waals surface area contributed by atoms with Crippen molar-refractivity contribution in [2.45, 2.75) is 6.54 Å². The van der Waals surface area contributed by atoms with Gasteiger partial charge in [0.1, 0.15) is 23.9 Å². The first-order chi connectivity index (χ1) is 20.5. The molecule has 3 aromatic carbocycles. The zero-order valence-corrected chi connectivity index (χ0v) is 23.6. The summed E-state index contributed by atoms with van der Waals surface area (Å²) in [6.45, 7) is 2.08. The monoisotopic (exact) mass is 569 g/mol. The van der Waals surface area contributed by atoms with Crippen molar-refractivity contribution in [3.05, 3.63) is 102 Å². The minimum atomic E-state index is -0.612. The second kappa shape index (κ2) is 13.1. The average Bonchev–Trinajstić information content (AvgIpc) is 3.04.